The van der Waals surface area contributed by atoms with E-state index in [1.807, 2.05) is 13.8 Å². The molecule has 0 spiro atoms. The van der Waals surface area contributed by atoms with Gasteiger partial charge in [0.15, 0.2) is 0 Å². The van der Waals surface area contributed by atoms with E-state index in [9.17, 15) is 0 Å². The zero-order valence-corrected chi connectivity index (χ0v) is 9.25. The highest BCUT2D eigenvalue weighted by atomic mass is 15.0. The third-order valence-corrected chi connectivity index (χ3v) is 2.14. The molecule has 0 saturated heterocycles. The van der Waals surface area contributed by atoms with Crippen LogP contribution in [-0.4, -0.2) is 19.9 Å². The summed E-state index contributed by atoms with van der Waals surface area (Å²) < 4.78 is 0. The molecule has 5 heteroatoms. The van der Waals surface area contributed by atoms with E-state index < -0.39 is 0 Å². The predicted octanol–water partition coefficient (Wildman–Crippen LogP) is 1.64. The molecule has 0 atom stereocenters. The van der Waals surface area contributed by atoms with Gasteiger partial charge in [0.05, 0.1) is 5.69 Å². The Balaban J connectivity index is 2.50. The zero-order chi connectivity index (χ0) is 11.5. The molecule has 0 aliphatic rings. The van der Waals surface area contributed by atoms with Crippen LogP contribution in [0.15, 0.2) is 24.8 Å². The maximum absolute atomic E-state index is 5.74. The second kappa shape index (κ2) is 4.22. The van der Waals surface area contributed by atoms with Crippen LogP contribution in [0.3, 0.4) is 0 Å². The third-order valence-electron chi connectivity index (χ3n) is 2.14. The predicted molar refractivity (Wildman–Crippen MR) is 61.6 cm³/mol. The molecule has 2 rings (SSSR count). The van der Waals surface area contributed by atoms with Crippen LogP contribution in [0, 0.1) is 0 Å². The first kappa shape index (κ1) is 10.5. The zero-order valence-electron chi connectivity index (χ0n) is 9.25. The van der Waals surface area contributed by atoms with Gasteiger partial charge in [0.2, 0.25) is 0 Å². The van der Waals surface area contributed by atoms with Crippen molar-refractivity contribution in [1.82, 2.24) is 19.9 Å². The summed E-state index contributed by atoms with van der Waals surface area (Å²) in [5, 5.41) is 0. The smallest absolute Gasteiger partial charge is 0.133 e. The SMILES string of the molecule is CC(C)c1nc(N)cc(-c2cncnc2)n1. The summed E-state index contributed by atoms with van der Waals surface area (Å²) in [6, 6.07) is 1.73. The van der Waals surface area contributed by atoms with Gasteiger partial charge in [-0.2, -0.15) is 0 Å². The normalized spacial score (nSPS) is 10.7. The van der Waals surface area contributed by atoms with Crippen molar-refractivity contribution in [3.05, 3.63) is 30.6 Å². The lowest BCUT2D eigenvalue weighted by Gasteiger charge is -2.07. The molecule has 16 heavy (non-hydrogen) atoms. The number of hydrogen-bond donors (Lipinski definition) is 1. The summed E-state index contributed by atoms with van der Waals surface area (Å²) in [5.41, 5.74) is 7.35. The molecular formula is C11H13N5. The minimum atomic E-state index is 0.242. The number of nitrogens with zero attached hydrogens (tertiary/aromatic N) is 4. The molecule has 5 nitrogen and oxygen atoms in total. The van der Waals surface area contributed by atoms with Gasteiger partial charge in [-0.25, -0.2) is 19.9 Å². The number of nitrogen functional groups attached to an aromatic ring is 1. The molecule has 0 bridgehead atoms. The first-order valence-corrected chi connectivity index (χ1v) is 5.06. The van der Waals surface area contributed by atoms with E-state index in [2.05, 4.69) is 19.9 Å². The second-order valence-corrected chi connectivity index (χ2v) is 3.82. The molecule has 2 N–H and O–H groups in total. The quantitative estimate of drug-likeness (QED) is 0.823. The number of nitrogens with two attached hydrogens (primary N) is 1. The van der Waals surface area contributed by atoms with E-state index in [4.69, 9.17) is 5.73 Å². The van der Waals surface area contributed by atoms with E-state index in [1.54, 1.807) is 18.5 Å². The minimum Gasteiger partial charge on any atom is -0.384 e. The highest BCUT2D eigenvalue weighted by Crippen LogP contribution is 2.19. The van der Waals surface area contributed by atoms with E-state index in [0.29, 0.717) is 5.82 Å². The van der Waals surface area contributed by atoms with Gasteiger partial charge in [0, 0.05) is 29.9 Å². The van der Waals surface area contributed by atoms with Gasteiger partial charge in [-0.15, -0.1) is 0 Å². The lowest BCUT2D eigenvalue weighted by atomic mass is 10.2. The van der Waals surface area contributed by atoms with Gasteiger partial charge in [-0.05, 0) is 0 Å². The largest absolute Gasteiger partial charge is 0.384 e. The van der Waals surface area contributed by atoms with Crippen molar-refractivity contribution >= 4 is 5.82 Å². The van der Waals surface area contributed by atoms with Gasteiger partial charge >= 0.3 is 0 Å². The Labute approximate surface area is 93.8 Å². The van der Waals surface area contributed by atoms with E-state index >= 15 is 0 Å². The summed E-state index contributed by atoms with van der Waals surface area (Å²) >= 11 is 0. The molecular weight excluding hydrogens is 202 g/mol. The van der Waals surface area contributed by atoms with Crippen molar-refractivity contribution in [3.8, 4) is 11.3 Å². The maximum Gasteiger partial charge on any atom is 0.133 e. The molecule has 0 aliphatic carbocycles. The summed E-state index contributed by atoms with van der Waals surface area (Å²) in [6.07, 6.45) is 4.90. The molecule has 2 aromatic rings. The van der Waals surface area contributed by atoms with Crippen LogP contribution in [0.25, 0.3) is 11.3 Å². The molecule has 0 fully saturated rings. The molecule has 0 amide bonds. The van der Waals surface area contributed by atoms with Crippen LogP contribution >= 0.6 is 0 Å². The van der Waals surface area contributed by atoms with E-state index in [1.165, 1.54) is 6.33 Å². The topological polar surface area (TPSA) is 77.6 Å². The molecule has 2 aromatic heterocycles. The summed E-state index contributed by atoms with van der Waals surface area (Å²) in [4.78, 5) is 16.5. The fourth-order valence-electron chi connectivity index (χ4n) is 1.32. The van der Waals surface area contributed by atoms with Crippen molar-refractivity contribution < 1.29 is 0 Å². The molecule has 0 aromatic carbocycles. The molecule has 2 heterocycles. The average Bonchev–Trinajstić information content (AvgIpc) is 2.29. The molecule has 0 aliphatic heterocycles. The Bertz CT molecular complexity index is 481. The minimum absolute atomic E-state index is 0.242. The van der Waals surface area contributed by atoms with Gasteiger partial charge in [0.1, 0.15) is 18.0 Å². The van der Waals surface area contributed by atoms with Crippen molar-refractivity contribution in [2.45, 2.75) is 19.8 Å². The van der Waals surface area contributed by atoms with Crippen LogP contribution in [0.5, 0.6) is 0 Å². The Morgan fingerprint density at radius 1 is 1.12 bits per heavy atom. The van der Waals surface area contributed by atoms with Crippen LogP contribution in [0.4, 0.5) is 5.82 Å². The van der Waals surface area contributed by atoms with Crippen LogP contribution < -0.4 is 5.73 Å². The van der Waals surface area contributed by atoms with Crippen molar-refractivity contribution in [1.29, 1.82) is 0 Å². The van der Waals surface area contributed by atoms with Gasteiger partial charge in [-0.3, -0.25) is 0 Å². The summed E-state index contributed by atoms with van der Waals surface area (Å²) in [7, 11) is 0. The number of aromatic nitrogens is 4. The van der Waals surface area contributed by atoms with Crippen LogP contribution in [0.2, 0.25) is 0 Å². The Hall–Kier alpha value is -2.04. The standard InChI is InChI=1S/C11H13N5/c1-7(2)11-15-9(3-10(12)16-11)8-4-13-6-14-5-8/h3-7H,1-2H3,(H2,12,15,16). The lowest BCUT2D eigenvalue weighted by molar-refractivity contribution is 0.778. The molecule has 0 radical (unpaired) electrons. The Kier molecular flexibility index (Phi) is 2.76. The monoisotopic (exact) mass is 215 g/mol. The summed E-state index contributed by atoms with van der Waals surface area (Å²) in [6.45, 7) is 4.06. The summed E-state index contributed by atoms with van der Waals surface area (Å²) in [5.74, 6) is 1.45. The first-order chi connectivity index (χ1) is 7.66. The number of anilines is 1. The number of hydrogen-bond acceptors (Lipinski definition) is 5. The Morgan fingerprint density at radius 2 is 1.81 bits per heavy atom. The number of rotatable bonds is 2. The fourth-order valence-corrected chi connectivity index (χ4v) is 1.32. The van der Waals surface area contributed by atoms with E-state index in [0.717, 1.165) is 17.1 Å². The Morgan fingerprint density at radius 3 is 2.44 bits per heavy atom. The van der Waals surface area contributed by atoms with Crippen molar-refractivity contribution in [3.63, 3.8) is 0 Å². The first-order valence-electron chi connectivity index (χ1n) is 5.06. The second-order valence-electron chi connectivity index (χ2n) is 3.82. The average molecular weight is 215 g/mol. The third kappa shape index (κ3) is 2.13. The van der Waals surface area contributed by atoms with Gasteiger partial charge < -0.3 is 5.73 Å². The lowest BCUT2D eigenvalue weighted by Crippen LogP contribution is -2.03. The molecule has 82 valence electrons. The molecule has 0 saturated carbocycles. The van der Waals surface area contributed by atoms with Gasteiger partial charge in [-0.1, -0.05) is 13.8 Å². The molecule has 0 unspecified atom stereocenters. The van der Waals surface area contributed by atoms with Crippen LogP contribution in [0.1, 0.15) is 25.6 Å². The highest BCUT2D eigenvalue weighted by molar-refractivity contribution is 5.59. The van der Waals surface area contributed by atoms with Gasteiger partial charge in [0.25, 0.3) is 0 Å². The highest BCUT2D eigenvalue weighted by Gasteiger charge is 2.08. The maximum atomic E-state index is 5.74. The van der Waals surface area contributed by atoms with Crippen molar-refractivity contribution in [2.24, 2.45) is 0 Å². The van der Waals surface area contributed by atoms with Crippen LogP contribution in [-0.2, 0) is 0 Å². The van der Waals surface area contributed by atoms with Crippen molar-refractivity contribution in [2.75, 3.05) is 5.73 Å². The van der Waals surface area contributed by atoms with E-state index in [-0.39, 0.29) is 5.92 Å². The fraction of sp³-hybridized carbons (Fsp3) is 0.273.